The van der Waals surface area contributed by atoms with Gasteiger partial charge < -0.3 is 9.47 Å². The number of hydrogen-bond donors (Lipinski definition) is 0. The van der Waals surface area contributed by atoms with Crippen LogP contribution in [0.5, 0.6) is 0 Å². The Morgan fingerprint density at radius 2 is 1.94 bits per heavy atom. The van der Waals surface area contributed by atoms with E-state index in [1.165, 1.54) is 6.26 Å². The van der Waals surface area contributed by atoms with Crippen molar-refractivity contribution < 1.29 is 14.3 Å². The zero-order chi connectivity index (χ0) is 12.7. The lowest BCUT2D eigenvalue weighted by atomic mass is 10.1. The number of ether oxygens (including phenoxy) is 2. The van der Waals surface area contributed by atoms with Crippen molar-refractivity contribution in [3.63, 3.8) is 0 Å². The molecule has 0 N–H and O–H groups in total. The Hall–Kier alpha value is -1.77. The van der Waals surface area contributed by atoms with Crippen LogP contribution in [0.4, 0.5) is 4.79 Å². The van der Waals surface area contributed by atoms with Crippen molar-refractivity contribution in [2.75, 3.05) is 0 Å². The van der Waals surface area contributed by atoms with E-state index in [-0.39, 0.29) is 0 Å². The van der Waals surface area contributed by atoms with Gasteiger partial charge in [-0.15, -0.1) is 0 Å². The molecule has 0 saturated carbocycles. The average Bonchev–Trinajstić information content (AvgIpc) is 2.30. The van der Waals surface area contributed by atoms with E-state index in [1.807, 2.05) is 51.1 Å². The van der Waals surface area contributed by atoms with Gasteiger partial charge in [-0.25, -0.2) is 4.79 Å². The molecule has 92 valence electrons. The van der Waals surface area contributed by atoms with Gasteiger partial charge in [0.15, 0.2) is 0 Å². The largest absolute Gasteiger partial charge is 0.513 e. The molecule has 3 nitrogen and oxygen atoms in total. The highest BCUT2D eigenvalue weighted by molar-refractivity contribution is 5.62. The number of carbonyl (C=O) groups is 1. The van der Waals surface area contributed by atoms with Crippen molar-refractivity contribution in [2.24, 2.45) is 0 Å². The molecule has 0 heterocycles. The summed E-state index contributed by atoms with van der Waals surface area (Å²) in [5.74, 6) is 0. The summed E-state index contributed by atoms with van der Waals surface area (Å²) in [7, 11) is 0. The van der Waals surface area contributed by atoms with Gasteiger partial charge in [0.25, 0.3) is 0 Å². The lowest BCUT2D eigenvalue weighted by Crippen LogP contribution is -2.26. The molecule has 0 radical (unpaired) electrons. The highest BCUT2D eigenvalue weighted by Gasteiger charge is 2.20. The van der Waals surface area contributed by atoms with Crippen LogP contribution in [0.15, 0.2) is 36.6 Å². The molecule has 3 heteroatoms. The Kier molecular flexibility index (Phi) is 4.76. The maximum absolute atomic E-state index is 11.3. The van der Waals surface area contributed by atoms with Gasteiger partial charge in [0.2, 0.25) is 0 Å². The first-order valence-corrected chi connectivity index (χ1v) is 5.65. The van der Waals surface area contributed by atoms with Crippen molar-refractivity contribution in [3.05, 3.63) is 42.2 Å². The van der Waals surface area contributed by atoms with Gasteiger partial charge in [0.05, 0.1) is 6.26 Å². The molecule has 0 unspecified atom stereocenters. The van der Waals surface area contributed by atoms with E-state index in [0.29, 0.717) is 0 Å². The van der Waals surface area contributed by atoms with E-state index in [0.717, 1.165) is 12.0 Å². The number of rotatable bonds is 4. The molecule has 0 aliphatic carbocycles. The Bertz CT molecular complexity index is 380. The zero-order valence-corrected chi connectivity index (χ0v) is 10.5. The first kappa shape index (κ1) is 13.3. The van der Waals surface area contributed by atoms with Crippen LogP contribution >= 0.6 is 0 Å². The molecule has 1 rings (SSSR count). The predicted octanol–water partition coefficient (Wildman–Crippen LogP) is 4.00. The molecule has 1 aromatic carbocycles. The van der Waals surface area contributed by atoms with Crippen LogP contribution in [-0.2, 0) is 9.47 Å². The van der Waals surface area contributed by atoms with Gasteiger partial charge in [-0.1, -0.05) is 37.3 Å². The van der Waals surface area contributed by atoms with Crippen molar-refractivity contribution in [3.8, 4) is 0 Å². The number of hydrogen-bond acceptors (Lipinski definition) is 3. The molecule has 0 amide bonds. The van der Waals surface area contributed by atoms with Crippen LogP contribution in [0.3, 0.4) is 0 Å². The molecule has 0 spiro atoms. The Morgan fingerprint density at radius 3 is 2.53 bits per heavy atom. The fourth-order valence-electron chi connectivity index (χ4n) is 1.05. The van der Waals surface area contributed by atoms with Crippen LogP contribution in [0.25, 0.3) is 6.08 Å². The lowest BCUT2D eigenvalue weighted by molar-refractivity contribution is -0.00138. The van der Waals surface area contributed by atoms with Crippen LogP contribution in [0.1, 0.15) is 32.8 Å². The molecule has 0 bridgehead atoms. The minimum absolute atomic E-state index is 0.488. The second-order valence-electron chi connectivity index (χ2n) is 4.30. The summed E-state index contributed by atoms with van der Waals surface area (Å²) in [4.78, 5) is 11.3. The quantitative estimate of drug-likeness (QED) is 0.583. The fraction of sp³-hybridized carbons (Fsp3) is 0.357. The minimum atomic E-state index is -0.677. The van der Waals surface area contributed by atoms with Gasteiger partial charge in [-0.3, -0.25) is 0 Å². The van der Waals surface area contributed by atoms with Crippen LogP contribution in [0, 0.1) is 0 Å². The van der Waals surface area contributed by atoms with Crippen molar-refractivity contribution in [1.82, 2.24) is 0 Å². The third kappa shape index (κ3) is 5.20. The standard InChI is InChI=1S/C14H18O3/c1-4-14(2,3)17-13(15)16-11-10-12-8-6-5-7-9-12/h5-11H,4H2,1-3H3. The summed E-state index contributed by atoms with van der Waals surface area (Å²) in [6.45, 7) is 5.64. The van der Waals surface area contributed by atoms with Crippen molar-refractivity contribution >= 4 is 12.2 Å². The summed E-state index contributed by atoms with van der Waals surface area (Å²) in [5, 5.41) is 0. The smallest absolute Gasteiger partial charge is 0.428 e. The Labute approximate surface area is 102 Å². The highest BCUT2D eigenvalue weighted by atomic mass is 16.7. The van der Waals surface area contributed by atoms with Gasteiger partial charge in [0.1, 0.15) is 5.60 Å². The summed E-state index contributed by atoms with van der Waals surface area (Å²) in [6.07, 6.45) is 3.11. The lowest BCUT2D eigenvalue weighted by Gasteiger charge is -2.21. The van der Waals surface area contributed by atoms with E-state index in [2.05, 4.69) is 0 Å². The molecule has 0 saturated heterocycles. The first-order valence-electron chi connectivity index (χ1n) is 5.65. The molecule has 0 aromatic heterocycles. The highest BCUT2D eigenvalue weighted by Crippen LogP contribution is 2.14. The summed E-state index contributed by atoms with van der Waals surface area (Å²) < 4.78 is 9.95. The molecule has 0 fully saturated rings. The maximum atomic E-state index is 11.3. The van der Waals surface area contributed by atoms with Crippen LogP contribution in [0.2, 0.25) is 0 Å². The molecular formula is C14H18O3. The Morgan fingerprint density at radius 1 is 1.29 bits per heavy atom. The first-order chi connectivity index (χ1) is 8.03. The number of carbonyl (C=O) groups excluding carboxylic acids is 1. The topological polar surface area (TPSA) is 35.5 Å². The zero-order valence-electron chi connectivity index (χ0n) is 10.5. The predicted molar refractivity (Wildman–Crippen MR) is 67.4 cm³/mol. The normalized spacial score (nSPS) is 11.5. The van der Waals surface area contributed by atoms with Gasteiger partial charge >= 0.3 is 6.16 Å². The SMILES string of the molecule is CCC(C)(C)OC(=O)OC=Cc1ccccc1. The Balaban J connectivity index is 2.41. The van der Waals surface area contributed by atoms with Crippen molar-refractivity contribution in [1.29, 1.82) is 0 Å². The van der Waals surface area contributed by atoms with E-state index in [4.69, 9.17) is 9.47 Å². The summed E-state index contributed by atoms with van der Waals surface area (Å²) in [6, 6.07) is 9.59. The molecule has 0 aliphatic rings. The molecule has 1 aromatic rings. The molecule has 0 atom stereocenters. The molecular weight excluding hydrogens is 216 g/mol. The van der Waals surface area contributed by atoms with Crippen LogP contribution < -0.4 is 0 Å². The third-order valence-corrected chi connectivity index (χ3v) is 2.44. The molecule has 0 aliphatic heterocycles. The maximum Gasteiger partial charge on any atom is 0.513 e. The second kappa shape index (κ2) is 6.09. The van der Waals surface area contributed by atoms with Gasteiger partial charge in [0, 0.05) is 0 Å². The summed E-state index contributed by atoms with van der Waals surface area (Å²) >= 11 is 0. The van der Waals surface area contributed by atoms with Gasteiger partial charge in [-0.2, -0.15) is 0 Å². The fourth-order valence-corrected chi connectivity index (χ4v) is 1.05. The monoisotopic (exact) mass is 234 g/mol. The second-order valence-corrected chi connectivity index (χ2v) is 4.30. The number of benzene rings is 1. The summed E-state index contributed by atoms with van der Waals surface area (Å²) in [5.41, 5.74) is 0.479. The van der Waals surface area contributed by atoms with Crippen molar-refractivity contribution in [2.45, 2.75) is 32.8 Å². The van der Waals surface area contributed by atoms with E-state index >= 15 is 0 Å². The minimum Gasteiger partial charge on any atom is -0.428 e. The average molecular weight is 234 g/mol. The van der Waals surface area contributed by atoms with E-state index in [9.17, 15) is 4.79 Å². The molecule has 17 heavy (non-hydrogen) atoms. The van der Waals surface area contributed by atoms with Gasteiger partial charge in [-0.05, 0) is 31.9 Å². The van der Waals surface area contributed by atoms with E-state index < -0.39 is 11.8 Å². The third-order valence-electron chi connectivity index (χ3n) is 2.44. The van der Waals surface area contributed by atoms with Crippen LogP contribution in [-0.4, -0.2) is 11.8 Å². The van der Waals surface area contributed by atoms with E-state index in [1.54, 1.807) is 6.08 Å².